The molecule has 2 aromatic carbocycles. The van der Waals surface area contributed by atoms with Crippen LogP contribution in [0.4, 0.5) is 5.69 Å². The molecular formula is C24H29N3O2. The molecule has 1 fully saturated rings. The highest BCUT2D eigenvalue weighted by molar-refractivity contribution is 6.02. The van der Waals surface area contributed by atoms with Crippen molar-refractivity contribution in [3.63, 3.8) is 0 Å². The average Bonchev–Trinajstić information content (AvgIpc) is 2.74. The quantitative estimate of drug-likeness (QED) is 0.558. The van der Waals surface area contributed by atoms with Crippen LogP contribution < -0.4 is 10.7 Å². The number of nitrogens with zero attached hydrogens (tertiary/aromatic N) is 1. The summed E-state index contributed by atoms with van der Waals surface area (Å²) in [5, 5.41) is 7.27. The van der Waals surface area contributed by atoms with Crippen LogP contribution in [0.25, 0.3) is 0 Å². The highest BCUT2D eigenvalue weighted by Crippen LogP contribution is 2.25. The number of hydrogen-bond acceptors (Lipinski definition) is 3. The zero-order valence-electron chi connectivity index (χ0n) is 17.4. The van der Waals surface area contributed by atoms with Crippen molar-refractivity contribution in [3.05, 3.63) is 64.7 Å². The van der Waals surface area contributed by atoms with Gasteiger partial charge in [-0.05, 0) is 74.6 Å². The monoisotopic (exact) mass is 391 g/mol. The summed E-state index contributed by atoms with van der Waals surface area (Å²) in [6.07, 6.45) is 5.42. The molecule has 0 atom stereocenters. The van der Waals surface area contributed by atoms with Crippen LogP contribution in [0.2, 0.25) is 0 Å². The third-order valence-corrected chi connectivity index (χ3v) is 5.62. The lowest BCUT2D eigenvalue weighted by Crippen LogP contribution is -2.24. The normalized spacial score (nSPS) is 15.1. The van der Waals surface area contributed by atoms with Crippen LogP contribution in [0.1, 0.15) is 66.1 Å². The molecular weight excluding hydrogens is 362 g/mol. The lowest BCUT2D eigenvalue weighted by Gasteiger charge is -2.20. The molecule has 5 heteroatoms. The van der Waals surface area contributed by atoms with Crippen LogP contribution in [-0.2, 0) is 4.79 Å². The molecule has 1 aliphatic rings. The predicted octanol–water partition coefficient (Wildman–Crippen LogP) is 4.98. The van der Waals surface area contributed by atoms with Gasteiger partial charge in [-0.1, -0.05) is 37.5 Å². The van der Waals surface area contributed by atoms with Gasteiger partial charge in [0.2, 0.25) is 5.91 Å². The smallest absolute Gasteiger partial charge is 0.271 e. The summed E-state index contributed by atoms with van der Waals surface area (Å²) in [6.45, 7) is 5.83. The minimum atomic E-state index is -0.241. The Labute approximate surface area is 172 Å². The van der Waals surface area contributed by atoms with Crippen molar-refractivity contribution in [3.8, 4) is 0 Å². The van der Waals surface area contributed by atoms with Gasteiger partial charge in [-0.15, -0.1) is 0 Å². The first-order valence-electron chi connectivity index (χ1n) is 10.3. The molecule has 0 bridgehead atoms. The SMILES string of the molecule is CC(=NNC(=O)c1ccc(C)c(C)c1)c1cccc(NC(=O)C2CCCCC2)c1. The molecule has 29 heavy (non-hydrogen) atoms. The van der Waals surface area contributed by atoms with Gasteiger partial charge in [0.1, 0.15) is 0 Å². The molecule has 1 saturated carbocycles. The van der Waals surface area contributed by atoms with Gasteiger partial charge < -0.3 is 5.32 Å². The molecule has 0 radical (unpaired) electrons. The Balaban J connectivity index is 1.64. The van der Waals surface area contributed by atoms with E-state index in [0.717, 1.165) is 48.1 Å². The van der Waals surface area contributed by atoms with E-state index in [0.29, 0.717) is 11.3 Å². The number of carbonyl (C=O) groups is 2. The molecule has 0 spiro atoms. The van der Waals surface area contributed by atoms with E-state index in [1.165, 1.54) is 6.42 Å². The van der Waals surface area contributed by atoms with E-state index in [-0.39, 0.29) is 17.7 Å². The van der Waals surface area contributed by atoms with Crippen LogP contribution in [0, 0.1) is 19.8 Å². The van der Waals surface area contributed by atoms with Crippen molar-refractivity contribution in [2.75, 3.05) is 5.32 Å². The van der Waals surface area contributed by atoms with E-state index in [2.05, 4.69) is 15.8 Å². The minimum absolute atomic E-state index is 0.0967. The number of hydrogen-bond donors (Lipinski definition) is 2. The Hall–Kier alpha value is -2.95. The number of hydrazone groups is 1. The van der Waals surface area contributed by atoms with Gasteiger partial charge >= 0.3 is 0 Å². The first-order valence-corrected chi connectivity index (χ1v) is 10.3. The Morgan fingerprint density at radius 3 is 2.41 bits per heavy atom. The number of amides is 2. The topological polar surface area (TPSA) is 70.6 Å². The number of nitrogens with one attached hydrogen (secondary N) is 2. The van der Waals surface area contributed by atoms with Gasteiger partial charge in [0.05, 0.1) is 5.71 Å². The van der Waals surface area contributed by atoms with E-state index >= 15 is 0 Å². The Morgan fingerprint density at radius 2 is 1.69 bits per heavy atom. The molecule has 5 nitrogen and oxygen atoms in total. The molecule has 0 aromatic heterocycles. The van der Waals surface area contributed by atoms with Gasteiger partial charge in [0, 0.05) is 17.2 Å². The first-order chi connectivity index (χ1) is 13.9. The summed E-state index contributed by atoms with van der Waals surface area (Å²) < 4.78 is 0. The van der Waals surface area contributed by atoms with Crippen molar-refractivity contribution in [1.82, 2.24) is 5.43 Å². The van der Waals surface area contributed by atoms with Crippen LogP contribution in [0.5, 0.6) is 0 Å². The number of benzene rings is 2. The van der Waals surface area contributed by atoms with Crippen LogP contribution in [0.3, 0.4) is 0 Å². The van der Waals surface area contributed by atoms with Crippen LogP contribution >= 0.6 is 0 Å². The standard InChI is InChI=1S/C24H29N3O2/c1-16-12-13-21(14-17(16)2)24(29)27-26-18(3)20-10-7-11-22(15-20)25-23(28)19-8-5-4-6-9-19/h7,10-15,19H,4-6,8-9H2,1-3H3,(H,25,28)(H,27,29). The third-order valence-electron chi connectivity index (χ3n) is 5.62. The van der Waals surface area contributed by atoms with E-state index in [4.69, 9.17) is 0 Å². The number of rotatable bonds is 5. The van der Waals surface area contributed by atoms with Crippen molar-refractivity contribution in [2.45, 2.75) is 52.9 Å². The molecule has 3 rings (SSSR count). The second-order valence-electron chi connectivity index (χ2n) is 7.84. The Kier molecular flexibility index (Phi) is 6.81. The maximum atomic E-state index is 12.5. The molecule has 0 aliphatic heterocycles. The lowest BCUT2D eigenvalue weighted by molar-refractivity contribution is -0.120. The largest absolute Gasteiger partial charge is 0.326 e. The van der Waals surface area contributed by atoms with E-state index in [1.807, 2.05) is 57.2 Å². The third kappa shape index (κ3) is 5.53. The number of anilines is 1. The highest BCUT2D eigenvalue weighted by Gasteiger charge is 2.21. The van der Waals surface area contributed by atoms with Crippen LogP contribution in [-0.4, -0.2) is 17.5 Å². The molecule has 0 unspecified atom stereocenters. The minimum Gasteiger partial charge on any atom is -0.326 e. The summed E-state index contributed by atoms with van der Waals surface area (Å²) in [4.78, 5) is 24.8. The Bertz CT molecular complexity index is 927. The van der Waals surface area contributed by atoms with Gasteiger partial charge in [0.15, 0.2) is 0 Å². The molecule has 0 heterocycles. The second kappa shape index (κ2) is 9.50. The van der Waals surface area contributed by atoms with Crippen molar-refractivity contribution in [1.29, 1.82) is 0 Å². The van der Waals surface area contributed by atoms with Crippen molar-refractivity contribution >= 4 is 23.2 Å². The zero-order chi connectivity index (χ0) is 20.8. The summed E-state index contributed by atoms with van der Waals surface area (Å²) in [5.41, 5.74) is 7.70. The molecule has 0 saturated heterocycles. The first kappa shape index (κ1) is 20.8. The van der Waals surface area contributed by atoms with E-state index in [9.17, 15) is 9.59 Å². The van der Waals surface area contributed by atoms with Gasteiger partial charge in [-0.25, -0.2) is 5.43 Å². The molecule has 2 N–H and O–H groups in total. The summed E-state index contributed by atoms with van der Waals surface area (Å²) in [6, 6.07) is 13.2. The van der Waals surface area contributed by atoms with Crippen molar-refractivity contribution < 1.29 is 9.59 Å². The number of carbonyl (C=O) groups excluding carboxylic acids is 2. The van der Waals surface area contributed by atoms with Crippen molar-refractivity contribution in [2.24, 2.45) is 11.0 Å². The fourth-order valence-corrected chi connectivity index (χ4v) is 3.58. The summed E-state index contributed by atoms with van der Waals surface area (Å²) in [7, 11) is 0. The van der Waals surface area contributed by atoms with E-state index in [1.54, 1.807) is 6.07 Å². The summed E-state index contributed by atoms with van der Waals surface area (Å²) >= 11 is 0. The van der Waals surface area contributed by atoms with Gasteiger partial charge in [-0.2, -0.15) is 5.10 Å². The fraction of sp³-hybridized carbons (Fsp3) is 0.375. The van der Waals surface area contributed by atoms with Gasteiger partial charge in [-0.3, -0.25) is 9.59 Å². The molecule has 1 aliphatic carbocycles. The van der Waals surface area contributed by atoms with Crippen LogP contribution in [0.15, 0.2) is 47.6 Å². The molecule has 2 aromatic rings. The zero-order valence-corrected chi connectivity index (χ0v) is 17.4. The lowest BCUT2D eigenvalue weighted by atomic mass is 9.88. The average molecular weight is 392 g/mol. The maximum Gasteiger partial charge on any atom is 0.271 e. The second-order valence-corrected chi connectivity index (χ2v) is 7.84. The molecule has 2 amide bonds. The maximum absolute atomic E-state index is 12.5. The molecule has 152 valence electrons. The fourth-order valence-electron chi connectivity index (χ4n) is 3.58. The predicted molar refractivity (Wildman–Crippen MR) is 117 cm³/mol. The van der Waals surface area contributed by atoms with E-state index < -0.39 is 0 Å². The Morgan fingerprint density at radius 1 is 0.931 bits per heavy atom. The highest BCUT2D eigenvalue weighted by atomic mass is 16.2. The number of aryl methyl sites for hydroxylation is 2. The summed E-state index contributed by atoms with van der Waals surface area (Å²) in [5.74, 6) is -0.0342. The van der Waals surface area contributed by atoms with Gasteiger partial charge in [0.25, 0.3) is 5.91 Å².